The minimum atomic E-state index is -0.458. The minimum Gasteiger partial charge on any atom is -0.410 e. The molecule has 25 heavy (non-hydrogen) atoms. The van der Waals surface area contributed by atoms with Gasteiger partial charge in [0.15, 0.2) is 5.58 Å². The van der Waals surface area contributed by atoms with E-state index in [1.165, 1.54) is 0 Å². The van der Waals surface area contributed by atoms with Crippen LogP contribution in [0, 0.1) is 0 Å². The molecule has 1 amide bonds. The highest BCUT2D eigenvalue weighted by Gasteiger charge is 2.23. The van der Waals surface area contributed by atoms with Crippen LogP contribution in [0.4, 0.5) is 10.5 Å². The molecule has 7 heteroatoms. The fraction of sp³-hybridized carbons (Fsp3) is 0.222. The van der Waals surface area contributed by atoms with Crippen molar-refractivity contribution in [2.24, 2.45) is 0 Å². The van der Waals surface area contributed by atoms with Crippen molar-refractivity contribution >= 4 is 22.9 Å². The number of carbonyl (C=O) groups is 1. The van der Waals surface area contributed by atoms with Gasteiger partial charge in [0.2, 0.25) is 0 Å². The van der Waals surface area contributed by atoms with Crippen LogP contribution < -0.4 is 15.4 Å². The third kappa shape index (κ3) is 3.21. The van der Waals surface area contributed by atoms with Crippen molar-refractivity contribution in [3.05, 3.63) is 59.1 Å². The normalized spacial score (nSPS) is 14.7. The number of carbonyl (C=O) groups excluding carboxylic acids is 1. The van der Waals surface area contributed by atoms with Gasteiger partial charge in [-0.1, -0.05) is 18.2 Å². The third-order valence-electron chi connectivity index (χ3n) is 4.26. The summed E-state index contributed by atoms with van der Waals surface area (Å²) >= 11 is 0. The number of rotatable bonds is 2. The number of ether oxygens (including phenoxy) is 1. The van der Waals surface area contributed by atoms with E-state index in [-0.39, 0.29) is 6.09 Å². The van der Waals surface area contributed by atoms with E-state index in [1.54, 1.807) is 17.0 Å². The molecule has 7 nitrogen and oxygen atoms in total. The average molecular weight is 339 g/mol. The number of piperazine rings is 1. The summed E-state index contributed by atoms with van der Waals surface area (Å²) in [6, 6.07) is 14.6. The van der Waals surface area contributed by atoms with E-state index < -0.39 is 5.76 Å². The lowest BCUT2D eigenvalue weighted by atomic mass is 10.2. The van der Waals surface area contributed by atoms with Gasteiger partial charge in [0.25, 0.3) is 0 Å². The Morgan fingerprint density at radius 3 is 2.56 bits per heavy atom. The molecule has 3 aromatic rings. The Morgan fingerprint density at radius 1 is 1.04 bits per heavy atom. The molecule has 4 rings (SSSR count). The molecule has 0 aliphatic carbocycles. The topological polar surface area (TPSA) is 78.8 Å². The first-order valence-corrected chi connectivity index (χ1v) is 8.09. The molecular weight excluding hydrogens is 322 g/mol. The number of fused-ring (bicyclic) bond motifs is 1. The summed E-state index contributed by atoms with van der Waals surface area (Å²) in [5.74, 6) is 0.0866. The highest BCUT2D eigenvalue weighted by molar-refractivity contribution is 5.77. The number of oxazole rings is 1. The molecule has 0 radical (unpaired) electrons. The van der Waals surface area contributed by atoms with E-state index in [9.17, 15) is 9.59 Å². The predicted molar refractivity (Wildman–Crippen MR) is 93.1 cm³/mol. The van der Waals surface area contributed by atoms with Crippen LogP contribution in [-0.4, -0.2) is 42.2 Å². The number of amides is 1. The van der Waals surface area contributed by atoms with E-state index in [0.717, 1.165) is 5.69 Å². The van der Waals surface area contributed by atoms with Crippen LogP contribution in [0.25, 0.3) is 11.1 Å². The maximum atomic E-state index is 12.2. The molecule has 0 atom stereocenters. The van der Waals surface area contributed by atoms with Crippen LogP contribution in [0.15, 0.2) is 57.7 Å². The zero-order valence-electron chi connectivity index (χ0n) is 13.5. The second-order valence-corrected chi connectivity index (χ2v) is 5.85. The molecule has 1 aromatic heterocycles. The van der Waals surface area contributed by atoms with Crippen molar-refractivity contribution in [2.45, 2.75) is 0 Å². The Labute approximate surface area is 143 Å². The third-order valence-corrected chi connectivity index (χ3v) is 4.26. The van der Waals surface area contributed by atoms with Crippen molar-refractivity contribution in [3.8, 4) is 5.75 Å². The van der Waals surface area contributed by atoms with Gasteiger partial charge in [0.05, 0.1) is 5.52 Å². The molecule has 1 N–H and O–H groups in total. The van der Waals surface area contributed by atoms with E-state index in [1.807, 2.05) is 36.4 Å². The van der Waals surface area contributed by atoms with Crippen molar-refractivity contribution in [1.29, 1.82) is 0 Å². The lowest BCUT2D eigenvalue weighted by Gasteiger charge is -2.35. The number of nitrogens with one attached hydrogen (secondary N) is 1. The summed E-state index contributed by atoms with van der Waals surface area (Å²) in [7, 11) is 0. The molecule has 1 aliphatic rings. The number of hydrogen-bond donors (Lipinski definition) is 1. The highest BCUT2D eigenvalue weighted by Crippen LogP contribution is 2.22. The smallest absolute Gasteiger partial charge is 0.410 e. The first-order valence-electron chi connectivity index (χ1n) is 8.09. The molecule has 0 spiro atoms. The predicted octanol–water partition coefficient (Wildman–Crippen LogP) is 2.44. The summed E-state index contributed by atoms with van der Waals surface area (Å²) in [4.78, 5) is 29.9. The molecular formula is C18H17N3O4. The SMILES string of the molecule is O=C(Oc1ccccc1)N1CCN(c2ccc3[nH]c(=O)oc3c2)CC1. The van der Waals surface area contributed by atoms with Crippen LogP contribution in [-0.2, 0) is 0 Å². The van der Waals surface area contributed by atoms with E-state index in [0.29, 0.717) is 43.0 Å². The maximum Gasteiger partial charge on any atom is 0.417 e. The number of aromatic nitrogens is 1. The largest absolute Gasteiger partial charge is 0.417 e. The van der Waals surface area contributed by atoms with Gasteiger partial charge in [-0.15, -0.1) is 0 Å². The number of anilines is 1. The highest BCUT2D eigenvalue weighted by atomic mass is 16.6. The van der Waals surface area contributed by atoms with Gasteiger partial charge in [0.1, 0.15) is 5.75 Å². The summed E-state index contributed by atoms with van der Waals surface area (Å²) in [6.07, 6.45) is -0.335. The van der Waals surface area contributed by atoms with Gasteiger partial charge in [0, 0.05) is 37.9 Å². The Bertz CT molecular complexity index is 940. The molecule has 0 saturated carbocycles. The maximum absolute atomic E-state index is 12.2. The molecule has 0 unspecified atom stereocenters. The fourth-order valence-electron chi connectivity index (χ4n) is 2.93. The zero-order chi connectivity index (χ0) is 17.2. The van der Waals surface area contributed by atoms with Gasteiger partial charge >= 0.3 is 11.8 Å². The number of para-hydroxylation sites is 1. The summed E-state index contributed by atoms with van der Waals surface area (Å²) < 4.78 is 10.5. The van der Waals surface area contributed by atoms with Gasteiger partial charge in [-0.05, 0) is 24.3 Å². The Morgan fingerprint density at radius 2 is 1.80 bits per heavy atom. The lowest BCUT2D eigenvalue weighted by Crippen LogP contribution is -2.49. The summed E-state index contributed by atoms with van der Waals surface area (Å²) in [5, 5.41) is 0. The van der Waals surface area contributed by atoms with Crippen LogP contribution in [0.3, 0.4) is 0 Å². The second-order valence-electron chi connectivity index (χ2n) is 5.85. The van der Waals surface area contributed by atoms with Crippen molar-refractivity contribution in [2.75, 3.05) is 31.1 Å². The Balaban J connectivity index is 1.40. The van der Waals surface area contributed by atoms with Crippen molar-refractivity contribution < 1.29 is 13.9 Å². The Hall–Kier alpha value is -3.22. The Kier molecular flexibility index (Phi) is 3.89. The van der Waals surface area contributed by atoms with E-state index >= 15 is 0 Å². The number of hydrogen-bond acceptors (Lipinski definition) is 5. The number of H-pyrrole nitrogens is 1. The molecule has 2 aromatic carbocycles. The number of nitrogens with zero attached hydrogens (tertiary/aromatic N) is 2. The standard InChI is InChI=1S/C18H17N3O4/c22-17-19-15-7-6-13(12-16(15)25-17)20-8-10-21(11-9-20)18(23)24-14-4-2-1-3-5-14/h1-7,12H,8-11H2,(H,19,22). The average Bonchev–Trinajstić information content (AvgIpc) is 3.02. The summed E-state index contributed by atoms with van der Waals surface area (Å²) in [5.41, 5.74) is 2.18. The van der Waals surface area contributed by atoms with Gasteiger partial charge < -0.3 is 19.0 Å². The van der Waals surface area contributed by atoms with Crippen molar-refractivity contribution in [1.82, 2.24) is 9.88 Å². The molecule has 2 heterocycles. The number of benzene rings is 2. The quantitative estimate of drug-likeness (QED) is 0.776. The van der Waals surface area contributed by atoms with Gasteiger partial charge in [-0.2, -0.15) is 0 Å². The first kappa shape index (κ1) is 15.3. The molecule has 1 aliphatic heterocycles. The van der Waals surface area contributed by atoms with Gasteiger partial charge in [-0.3, -0.25) is 4.98 Å². The van der Waals surface area contributed by atoms with E-state index in [2.05, 4.69) is 9.88 Å². The zero-order valence-corrected chi connectivity index (χ0v) is 13.5. The van der Waals surface area contributed by atoms with Gasteiger partial charge in [-0.25, -0.2) is 9.59 Å². The van der Waals surface area contributed by atoms with E-state index in [4.69, 9.17) is 9.15 Å². The molecule has 128 valence electrons. The lowest BCUT2D eigenvalue weighted by molar-refractivity contribution is 0.149. The van der Waals surface area contributed by atoms with Crippen LogP contribution >= 0.6 is 0 Å². The molecule has 0 bridgehead atoms. The van der Waals surface area contributed by atoms with Crippen LogP contribution in [0.5, 0.6) is 5.75 Å². The first-order chi connectivity index (χ1) is 12.2. The number of aromatic amines is 1. The minimum absolute atomic E-state index is 0.335. The van der Waals surface area contributed by atoms with Crippen molar-refractivity contribution in [3.63, 3.8) is 0 Å². The summed E-state index contributed by atoms with van der Waals surface area (Å²) in [6.45, 7) is 2.51. The fourth-order valence-corrected chi connectivity index (χ4v) is 2.93. The van der Waals surface area contributed by atoms with Crippen LogP contribution in [0.1, 0.15) is 0 Å². The van der Waals surface area contributed by atoms with Crippen LogP contribution in [0.2, 0.25) is 0 Å². The molecule has 1 saturated heterocycles. The monoisotopic (exact) mass is 339 g/mol. The molecule has 1 fully saturated rings. The second kappa shape index (κ2) is 6.35.